The molecule has 1 heterocycles. The predicted molar refractivity (Wildman–Crippen MR) is 127 cm³/mol. The fraction of sp³-hybridized carbons (Fsp3) is 0.154. The molecular formula is C26H22ClNO5. The zero-order valence-electron chi connectivity index (χ0n) is 18.1. The van der Waals surface area contributed by atoms with Crippen LogP contribution in [0.15, 0.2) is 72.3 Å². The van der Waals surface area contributed by atoms with Crippen molar-refractivity contribution in [1.29, 1.82) is 0 Å². The van der Waals surface area contributed by atoms with Gasteiger partial charge in [0.05, 0.1) is 18.7 Å². The van der Waals surface area contributed by atoms with Crippen LogP contribution in [0.25, 0.3) is 5.76 Å². The number of benzene rings is 3. The molecule has 168 valence electrons. The number of phenols is 1. The Kier molecular flexibility index (Phi) is 6.11. The van der Waals surface area contributed by atoms with Crippen LogP contribution < -0.4 is 9.64 Å². The summed E-state index contributed by atoms with van der Waals surface area (Å²) in [6, 6.07) is 17.3. The van der Waals surface area contributed by atoms with E-state index in [1.807, 2.05) is 19.1 Å². The zero-order valence-corrected chi connectivity index (χ0v) is 18.8. The predicted octanol–water partition coefficient (Wildman–Crippen LogP) is 5.24. The Morgan fingerprint density at radius 2 is 1.79 bits per heavy atom. The van der Waals surface area contributed by atoms with Gasteiger partial charge in [0.2, 0.25) is 0 Å². The number of phenolic OH excluding ortho intramolecular Hbond substituents is 1. The summed E-state index contributed by atoms with van der Waals surface area (Å²) in [5.41, 5.74) is 2.24. The van der Waals surface area contributed by atoms with E-state index in [0.29, 0.717) is 21.8 Å². The van der Waals surface area contributed by atoms with Crippen LogP contribution in [0, 0.1) is 0 Å². The fourth-order valence-corrected chi connectivity index (χ4v) is 4.16. The van der Waals surface area contributed by atoms with Crippen LogP contribution in [-0.4, -0.2) is 29.0 Å². The molecule has 0 radical (unpaired) electrons. The molecule has 1 unspecified atom stereocenters. The summed E-state index contributed by atoms with van der Waals surface area (Å²) >= 11 is 6.15. The number of anilines is 1. The lowest BCUT2D eigenvalue weighted by Gasteiger charge is -2.26. The highest BCUT2D eigenvalue weighted by Gasteiger charge is 2.47. The maximum Gasteiger partial charge on any atom is 0.300 e. The van der Waals surface area contributed by atoms with Crippen LogP contribution in [-0.2, 0) is 16.0 Å². The van der Waals surface area contributed by atoms with Gasteiger partial charge in [0.15, 0.2) is 11.5 Å². The number of ether oxygens (including phenoxy) is 1. The first-order valence-corrected chi connectivity index (χ1v) is 10.8. The molecule has 0 saturated carbocycles. The van der Waals surface area contributed by atoms with Crippen LogP contribution in [0.2, 0.25) is 5.02 Å². The second-order valence-electron chi connectivity index (χ2n) is 7.63. The second-order valence-corrected chi connectivity index (χ2v) is 8.07. The van der Waals surface area contributed by atoms with Crippen molar-refractivity contribution in [2.24, 2.45) is 0 Å². The number of methoxy groups -OCH3 is 1. The Balaban J connectivity index is 1.94. The minimum atomic E-state index is -0.980. The number of aromatic hydroxyl groups is 1. The maximum atomic E-state index is 13.2. The molecule has 1 fully saturated rings. The Hall–Kier alpha value is -3.77. The van der Waals surface area contributed by atoms with Gasteiger partial charge in [0, 0.05) is 16.3 Å². The molecule has 1 aliphatic heterocycles. The summed E-state index contributed by atoms with van der Waals surface area (Å²) in [5.74, 6) is -1.83. The molecule has 1 aliphatic rings. The van der Waals surface area contributed by atoms with Gasteiger partial charge >= 0.3 is 0 Å². The topological polar surface area (TPSA) is 87.1 Å². The van der Waals surface area contributed by atoms with Gasteiger partial charge in [-0.05, 0) is 47.9 Å². The van der Waals surface area contributed by atoms with E-state index in [4.69, 9.17) is 16.3 Å². The van der Waals surface area contributed by atoms with E-state index in [-0.39, 0.29) is 22.8 Å². The van der Waals surface area contributed by atoms with Gasteiger partial charge in [-0.1, -0.05) is 54.9 Å². The fourth-order valence-electron chi connectivity index (χ4n) is 3.97. The highest BCUT2D eigenvalue weighted by atomic mass is 35.5. The molecule has 7 heteroatoms. The summed E-state index contributed by atoms with van der Waals surface area (Å²) in [5, 5.41) is 21.9. The number of carbonyl (C=O) groups is 2. The molecule has 0 aromatic heterocycles. The summed E-state index contributed by atoms with van der Waals surface area (Å²) < 4.78 is 5.12. The van der Waals surface area contributed by atoms with Crippen molar-refractivity contribution in [3.8, 4) is 11.5 Å². The number of aliphatic hydroxyl groups excluding tert-OH is 1. The summed E-state index contributed by atoms with van der Waals surface area (Å²) in [4.78, 5) is 27.6. The van der Waals surface area contributed by atoms with Crippen molar-refractivity contribution >= 4 is 34.7 Å². The van der Waals surface area contributed by atoms with E-state index >= 15 is 0 Å². The van der Waals surface area contributed by atoms with Gasteiger partial charge in [-0.25, -0.2) is 0 Å². The number of carbonyl (C=O) groups excluding carboxylic acids is 2. The molecular weight excluding hydrogens is 442 g/mol. The third-order valence-corrected chi connectivity index (χ3v) is 5.92. The number of ketones is 1. The highest BCUT2D eigenvalue weighted by Crippen LogP contribution is 2.44. The van der Waals surface area contributed by atoms with E-state index < -0.39 is 17.7 Å². The molecule has 3 aromatic rings. The number of aliphatic hydroxyl groups is 1. The Morgan fingerprint density at radius 1 is 1.06 bits per heavy atom. The van der Waals surface area contributed by atoms with Crippen LogP contribution in [0.3, 0.4) is 0 Å². The number of hydrogen-bond donors (Lipinski definition) is 2. The summed E-state index contributed by atoms with van der Waals surface area (Å²) in [6.45, 7) is 2.02. The Morgan fingerprint density at radius 3 is 2.39 bits per heavy atom. The molecule has 2 N–H and O–H groups in total. The van der Waals surface area contributed by atoms with E-state index in [2.05, 4.69) is 0 Å². The molecule has 33 heavy (non-hydrogen) atoms. The van der Waals surface area contributed by atoms with Crippen molar-refractivity contribution in [3.63, 3.8) is 0 Å². The lowest BCUT2D eigenvalue weighted by Crippen LogP contribution is -2.29. The lowest BCUT2D eigenvalue weighted by molar-refractivity contribution is -0.132. The Bertz CT molecular complexity index is 1270. The molecule has 4 rings (SSSR count). The van der Waals surface area contributed by atoms with Gasteiger partial charge in [-0.2, -0.15) is 0 Å². The number of Topliss-reactive ketones (excluding diaryl/α,β-unsaturated/α-hetero) is 1. The molecule has 1 atom stereocenters. The van der Waals surface area contributed by atoms with E-state index in [1.165, 1.54) is 18.1 Å². The van der Waals surface area contributed by atoms with Crippen LogP contribution >= 0.6 is 11.6 Å². The van der Waals surface area contributed by atoms with E-state index in [0.717, 1.165) is 12.0 Å². The number of nitrogens with zero attached hydrogens (tertiary/aromatic N) is 1. The second kappa shape index (κ2) is 9.00. The first-order valence-electron chi connectivity index (χ1n) is 10.4. The lowest BCUT2D eigenvalue weighted by atomic mass is 9.94. The van der Waals surface area contributed by atoms with Crippen LogP contribution in [0.1, 0.15) is 29.7 Å². The monoisotopic (exact) mass is 463 g/mol. The van der Waals surface area contributed by atoms with Gasteiger partial charge in [-0.3, -0.25) is 14.5 Å². The van der Waals surface area contributed by atoms with E-state index in [9.17, 15) is 19.8 Å². The number of rotatable bonds is 5. The first kappa shape index (κ1) is 22.4. The summed E-state index contributed by atoms with van der Waals surface area (Å²) in [7, 11) is 1.42. The maximum absolute atomic E-state index is 13.2. The average molecular weight is 464 g/mol. The van der Waals surface area contributed by atoms with Gasteiger partial charge in [0.1, 0.15) is 5.76 Å². The normalized spacial score (nSPS) is 17.4. The first-order chi connectivity index (χ1) is 15.8. The molecule has 0 aliphatic carbocycles. The molecule has 0 bridgehead atoms. The summed E-state index contributed by atoms with van der Waals surface area (Å²) in [6.07, 6.45) is 0.825. The SMILES string of the molecule is CCc1ccc(/C(O)=C2/C(=O)C(=O)N(c3cccc(Cl)c3)C2c2ccc(OC)c(O)c2)cc1. The van der Waals surface area contributed by atoms with Gasteiger partial charge in [0.25, 0.3) is 11.7 Å². The molecule has 1 amide bonds. The quantitative estimate of drug-likeness (QED) is 0.307. The largest absolute Gasteiger partial charge is 0.507 e. The minimum absolute atomic E-state index is 0.0752. The molecule has 0 spiro atoms. The number of amides is 1. The molecule has 3 aromatic carbocycles. The van der Waals surface area contributed by atoms with Crippen molar-refractivity contribution in [2.75, 3.05) is 12.0 Å². The number of hydrogen-bond acceptors (Lipinski definition) is 5. The standard InChI is InChI=1S/C26H22ClNO5/c1-3-15-7-9-16(10-8-15)24(30)22-23(17-11-12-21(33-2)20(29)13-17)28(26(32)25(22)31)19-6-4-5-18(27)14-19/h4-14,23,29-30H,3H2,1-2H3/b24-22-. The zero-order chi connectivity index (χ0) is 23.7. The van der Waals surface area contributed by atoms with Gasteiger partial charge in [-0.15, -0.1) is 0 Å². The van der Waals surface area contributed by atoms with Crippen LogP contribution in [0.5, 0.6) is 11.5 Å². The van der Waals surface area contributed by atoms with E-state index in [1.54, 1.807) is 48.5 Å². The van der Waals surface area contributed by atoms with Crippen molar-refractivity contribution in [3.05, 3.63) is 94.0 Å². The highest BCUT2D eigenvalue weighted by molar-refractivity contribution is 6.51. The van der Waals surface area contributed by atoms with Crippen molar-refractivity contribution in [1.82, 2.24) is 0 Å². The van der Waals surface area contributed by atoms with Crippen molar-refractivity contribution < 1.29 is 24.5 Å². The average Bonchev–Trinajstić information content (AvgIpc) is 3.09. The molecule has 6 nitrogen and oxygen atoms in total. The Labute approximate surface area is 196 Å². The molecule has 1 saturated heterocycles. The van der Waals surface area contributed by atoms with Crippen molar-refractivity contribution in [2.45, 2.75) is 19.4 Å². The van der Waals surface area contributed by atoms with Gasteiger partial charge < -0.3 is 14.9 Å². The number of halogens is 1. The third kappa shape index (κ3) is 4.05. The number of aryl methyl sites for hydroxylation is 1. The smallest absolute Gasteiger partial charge is 0.300 e. The third-order valence-electron chi connectivity index (χ3n) is 5.69. The van der Waals surface area contributed by atoms with Crippen LogP contribution in [0.4, 0.5) is 5.69 Å². The minimum Gasteiger partial charge on any atom is -0.507 e.